The third-order valence-electron chi connectivity index (χ3n) is 4.21. The number of anilines is 2. The molecule has 0 saturated heterocycles. The van der Waals surface area contributed by atoms with Gasteiger partial charge in [0.05, 0.1) is 17.9 Å². The molecule has 0 aliphatic carbocycles. The number of halogens is 2. The summed E-state index contributed by atoms with van der Waals surface area (Å²) >= 11 is 8.29. The van der Waals surface area contributed by atoms with E-state index in [4.69, 9.17) is 16.3 Å². The number of benzene rings is 2. The van der Waals surface area contributed by atoms with Crippen LogP contribution in [0.15, 0.2) is 59.3 Å². The molecule has 0 fully saturated rings. The SMILES string of the molecule is CCCCOC(=O)c1cccc(NC2=C(Cl)C(=O)N(c3ccc(I)cc3)C2=O)c1. The van der Waals surface area contributed by atoms with Crippen molar-refractivity contribution in [2.75, 3.05) is 16.8 Å². The number of carbonyl (C=O) groups excluding carboxylic acids is 3. The van der Waals surface area contributed by atoms with Gasteiger partial charge in [-0.25, -0.2) is 9.69 Å². The van der Waals surface area contributed by atoms with Gasteiger partial charge in [-0.05, 0) is 71.5 Å². The molecule has 1 aliphatic heterocycles. The van der Waals surface area contributed by atoms with Gasteiger partial charge in [-0.2, -0.15) is 0 Å². The second-order valence-electron chi connectivity index (χ2n) is 6.31. The van der Waals surface area contributed by atoms with Crippen LogP contribution in [0, 0.1) is 3.57 Å². The summed E-state index contributed by atoms with van der Waals surface area (Å²) in [6, 6.07) is 13.4. The van der Waals surface area contributed by atoms with E-state index in [2.05, 4.69) is 27.9 Å². The minimum atomic E-state index is -0.601. The minimum Gasteiger partial charge on any atom is -0.462 e. The Balaban J connectivity index is 1.78. The standard InChI is InChI=1S/C21H18ClIN2O4/c1-2-3-11-29-21(28)13-5-4-6-15(12-13)24-18-17(22)19(26)25(20(18)27)16-9-7-14(23)8-10-16/h4-10,12,24H,2-3,11H2,1H3. The molecule has 0 aromatic heterocycles. The van der Waals surface area contributed by atoms with Crippen molar-refractivity contribution >= 4 is 63.4 Å². The van der Waals surface area contributed by atoms with Crippen LogP contribution in [0.5, 0.6) is 0 Å². The van der Waals surface area contributed by atoms with Crippen LogP contribution in [0.1, 0.15) is 30.1 Å². The van der Waals surface area contributed by atoms with Crippen LogP contribution in [0.4, 0.5) is 11.4 Å². The van der Waals surface area contributed by atoms with Gasteiger partial charge in [-0.3, -0.25) is 9.59 Å². The van der Waals surface area contributed by atoms with Gasteiger partial charge in [0, 0.05) is 9.26 Å². The van der Waals surface area contributed by atoms with E-state index in [1.807, 2.05) is 6.92 Å². The van der Waals surface area contributed by atoms with E-state index in [0.29, 0.717) is 23.5 Å². The summed E-state index contributed by atoms with van der Waals surface area (Å²) < 4.78 is 6.18. The molecule has 2 aromatic carbocycles. The van der Waals surface area contributed by atoms with Crippen molar-refractivity contribution in [2.24, 2.45) is 0 Å². The Morgan fingerprint density at radius 2 is 1.86 bits per heavy atom. The number of esters is 1. The lowest BCUT2D eigenvalue weighted by Crippen LogP contribution is -2.32. The largest absolute Gasteiger partial charge is 0.462 e. The predicted octanol–water partition coefficient (Wildman–Crippen LogP) is 4.68. The highest BCUT2D eigenvalue weighted by molar-refractivity contribution is 14.1. The number of hydrogen-bond acceptors (Lipinski definition) is 5. The third kappa shape index (κ3) is 4.79. The summed E-state index contributed by atoms with van der Waals surface area (Å²) in [6.45, 7) is 2.36. The Morgan fingerprint density at radius 3 is 2.55 bits per heavy atom. The number of hydrogen-bond donors (Lipinski definition) is 1. The van der Waals surface area contributed by atoms with Gasteiger partial charge in [0.25, 0.3) is 11.8 Å². The summed E-state index contributed by atoms with van der Waals surface area (Å²) in [7, 11) is 0. The van der Waals surface area contributed by atoms with E-state index in [0.717, 1.165) is 21.3 Å². The predicted molar refractivity (Wildman–Crippen MR) is 120 cm³/mol. The number of unbranched alkanes of at least 4 members (excludes halogenated alkanes) is 1. The highest BCUT2D eigenvalue weighted by atomic mass is 127. The summed E-state index contributed by atoms with van der Waals surface area (Å²) in [5, 5.41) is 2.67. The van der Waals surface area contributed by atoms with Crippen LogP contribution in [0.25, 0.3) is 0 Å². The van der Waals surface area contributed by atoms with Gasteiger partial charge in [0.2, 0.25) is 0 Å². The Bertz CT molecular complexity index is 988. The van der Waals surface area contributed by atoms with Crippen LogP contribution in [0.3, 0.4) is 0 Å². The lowest BCUT2D eigenvalue weighted by Gasteiger charge is -2.15. The quantitative estimate of drug-likeness (QED) is 0.246. The molecular weight excluding hydrogens is 507 g/mol. The second kappa shape index (κ2) is 9.41. The molecule has 6 nitrogen and oxygen atoms in total. The van der Waals surface area contributed by atoms with Crippen LogP contribution < -0.4 is 10.2 Å². The number of nitrogens with one attached hydrogen (secondary N) is 1. The van der Waals surface area contributed by atoms with Crippen molar-refractivity contribution in [1.29, 1.82) is 0 Å². The molecule has 2 amide bonds. The Hall–Kier alpha value is -2.39. The average molecular weight is 525 g/mol. The van der Waals surface area contributed by atoms with E-state index >= 15 is 0 Å². The van der Waals surface area contributed by atoms with Crippen LogP contribution in [-0.2, 0) is 14.3 Å². The molecule has 29 heavy (non-hydrogen) atoms. The summed E-state index contributed by atoms with van der Waals surface area (Å²) in [5.74, 6) is -1.61. The lowest BCUT2D eigenvalue weighted by atomic mass is 10.2. The molecule has 150 valence electrons. The lowest BCUT2D eigenvalue weighted by molar-refractivity contribution is -0.120. The fraction of sp³-hybridized carbons (Fsp3) is 0.190. The minimum absolute atomic E-state index is 0.0354. The fourth-order valence-electron chi connectivity index (χ4n) is 2.70. The van der Waals surface area contributed by atoms with E-state index in [-0.39, 0.29) is 10.7 Å². The maximum Gasteiger partial charge on any atom is 0.338 e. The first-order chi connectivity index (χ1) is 13.9. The molecule has 0 saturated carbocycles. The van der Waals surface area contributed by atoms with Gasteiger partial charge in [-0.1, -0.05) is 31.0 Å². The van der Waals surface area contributed by atoms with Gasteiger partial charge in [0.1, 0.15) is 10.7 Å². The molecule has 1 N–H and O–H groups in total. The molecule has 0 bridgehead atoms. The zero-order valence-corrected chi connectivity index (χ0v) is 18.5. The van der Waals surface area contributed by atoms with E-state index < -0.39 is 17.8 Å². The van der Waals surface area contributed by atoms with Crippen molar-refractivity contribution in [1.82, 2.24) is 0 Å². The van der Waals surface area contributed by atoms with Gasteiger partial charge in [0.15, 0.2) is 0 Å². The van der Waals surface area contributed by atoms with Crippen LogP contribution in [0.2, 0.25) is 0 Å². The van der Waals surface area contributed by atoms with Crippen molar-refractivity contribution in [2.45, 2.75) is 19.8 Å². The first-order valence-electron chi connectivity index (χ1n) is 9.00. The summed E-state index contributed by atoms with van der Waals surface area (Å²) in [5.41, 5.74) is 1.19. The maximum atomic E-state index is 12.8. The van der Waals surface area contributed by atoms with Crippen molar-refractivity contribution in [3.8, 4) is 0 Å². The molecule has 0 atom stereocenters. The maximum absolute atomic E-state index is 12.8. The molecule has 8 heteroatoms. The molecule has 0 radical (unpaired) electrons. The number of rotatable bonds is 7. The van der Waals surface area contributed by atoms with Gasteiger partial charge < -0.3 is 10.1 Å². The molecule has 2 aromatic rings. The van der Waals surface area contributed by atoms with E-state index in [1.165, 1.54) is 0 Å². The smallest absolute Gasteiger partial charge is 0.338 e. The number of carbonyl (C=O) groups is 3. The first kappa shape index (κ1) is 21.3. The van der Waals surface area contributed by atoms with Crippen LogP contribution in [-0.4, -0.2) is 24.4 Å². The van der Waals surface area contributed by atoms with Gasteiger partial charge >= 0.3 is 5.97 Å². The molecule has 0 unspecified atom stereocenters. The van der Waals surface area contributed by atoms with Crippen molar-refractivity contribution in [3.63, 3.8) is 0 Å². The molecule has 3 rings (SSSR count). The third-order valence-corrected chi connectivity index (χ3v) is 5.28. The van der Waals surface area contributed by atoms with Crippen LogP contribution >= 0.6 is 34.2 Å². The zero-order valence-electron chi connectivity index (χ0n) is 15.6. The molecular formula is C21H18ClIN2O4. The first-order valence-corrected chi connectivity index (χ1v) is 10.5. The number of amides is 2. The second-order valence-corrected chi connectivity index (χ2v) is 7.93. The highest BCUT2D eigenvalue weighted by Crippen LogP contribution is 2.30. The number of nitrogens with zero attached hydrogens (tertiary/aromatic N) is 1. The Kier molecular flexibility index (Phi) is 6.92. The molecule has 1 aliphatic rings. The Labute approximate surface area is 187 Å². The van der Waals surface area contributed by atoms with Gasteiger partial charge in [-0.15, -0.1) is 0 Å². The van der Waals surface area contributed by atoms with Crippen molar-refractivity contribution in [3.05, 3.63) is 68.4 Å². The fourth-order valence-corrected chi connectivity index (χ4v) is 3.27. The Morgan fingerprint density at radius 1 is 1.14 bits per heavy atom. The monoisotopic (exact) mass is 524 g/mol. The average Bonchev–Trinajstić information content (AvgIpc) is 2.92. The topological polar surface area (TPSA) is 75.7 Å². The number of imide groups is 1. The van der Waals surface area contributed by atoms with E-state index in [1.54, 1.807) is 48.5 Å². The normalized spacial score (nSPS) is 13.8. The zero-order chi connectivity index (χ0) is 21.0. The summed E-state index contributed by atoms with van der Waals surface area (Å²) in [4.78, 5) is 38.5. The summed E-state index contributed by atoms with van der Waals surface area (Å²) in [6.07, 6.45) is 1.71. The highest BCUT2D eigenvalue weighted by Gasteiger charge is 2.38. The number of ether oxygens (including phenoxy) is 1. The molecule has 0 spiro atoms. The van der Waals surface area contributed by atoms with E-state index in [9.17, 15) is 14.4 Å². The molecule has 1 heterocycles. The van der Waals surface area contributed by atoms with Crippen molar-refractivity contribution < 1.29 is 19.1 Å².